The molecule has 1 heterocycles. The van der Waals surface area contributed by atoms with E-state index in [4.69, 9.17) is 5.73 Å². The van der Waals surface area contributed by atoms with Crippen LogP contribution < -0.4 is 5.73 Å². The number of benzene rings is 1. The molecular weight excluding hydrogens is 184 g/mol. The Morgan fingerprint density at radius 3 is 2.80 bits per heavy atom. The second kappa shape index (κ2) is 5.29. The highest BCUT2D eigenvalue weighted by Crippen LogP contribution is 2.26. The molecule has 0 bridgehead atoms. The first kappa shape index (κ1) is 10.7. The lowest BCUT2D eigenvalue weighted by Crippen LogP contribution is -2.37. The summed E-state index contributed by atoms with van der Waals surface area (Å²) < 4.78 is 0. The SMILES string of the molecule is NCCN1CCC[C@@H](c2ccccc2)C1. The Bertz CT molecular complexity index is 282. The molecule has 2 nitrogen and oxygen atoms in total. The van der Waals surface area contributed by atoms with E-state index >= 15 is 0 Å². The van der Waals surface area contributed by atoms with E-state index < -0.39 is 0 Å². The molecule has 15 heavy (non-hydrogen) atoms. The Hall–Kier alpha value is -0.860. The highest BCUT2D eigenvalue weighted by Gasteiger charge is 2.20. The number of nitrogens with two attached hydrogens (primary N) is 1. The lowest BCUT2D eigenvalue weighted by molar-refractivity contribution is 0.213. The normalized spacial score (nSPS) is 22.9. The van der Waals surface area contributed by atoms with Gasteiger partial charge < -0.3 is 10.6 Å². The van der Waals surface area contributed by atoms with E-state index in [-0.39, 0.29) is 0 Å². The number of rotatable bonds is 3. The molecule has 0 unspecified atom stereocenters. The van der Waals surface area contributed by atoms with Crippen LogP contribution in [0.15, 0.2) is 30.3 Å². The summed E-state index contributed by atoms with van der Waals surface area (Å²) in [7, 11) is 0. The minimum atomic E-state index is 0.714. The fourth-order valence-corrected chi connectivity index (χ4v) is 2.44. The van der Waals surface area contributed by atoms with Gasteiger partial charge in [0, 0.05) is 19.6 Å². The molecule has 0 spiro atoms. The number of likely N-dealkylation sites (tertiary alicyclic amines) is 1. The van der Waals surface area contributed by atoms with Crippen LogP contribution in [0.5, 0.6) is 0 Å². The quantitative estimate of drug-likeness (QED) is 0.814. The highest BCUT2D eigenvalue weighted by molar-refractivity contribution is 5.20. The molecule has 2 N–H and O–H groups in total. The molecule has 1 aromatic rings. The molecule has 0 radical (unpaired) electrons. The maximum atomic E-state index is 5.60. The highest BCUT2D eigenvalue weighted by atomic mass is 15.1. The first-order valence-corrected chi connectivity index (χ1v) is 5.87. The molecule has 1 aliphatic heterocycles. The third-order valence-electron chi connectivity index (χ3n) is 3.22. The Kier molecular flexibility index (Phi) is 3.75. The van der Waals surface area contributed by atoms with Gasteiger partial charge in [0.25, 0.3) is 0 Å². The standard InChI is InChI=1S/C13H20N2/c14-8-10-15-9-4-7-13(11-15)12-5-2-1-3-6-12/h1-3,5-6,13H,4,7-11,14H2/t13-/m1/s1. The van der Waals surface area contributed by atoms with Crippen LogP contribution in [0, 0.1) is 0 Å². The molecule has 0 saturated carbocycles. The summed E-state index contributed by atoms with van der Waals surface area (Å²) in [6.07, 6.45) is 2.63. The predicted octanol–water partition coefficient (Wildman–Crippen LogP) is 1.82. The second-order valence-electron chi connectivity index (χ2n) is 4.34. The van der Waals surface area contributed by atoms with E-state index in [0.717, 1.165) is 13.1 Å². The molecule has 1 saturated heterocycles. The predicted molar refractivity (Wildman–Crippen MR) is 63.9 cm³/mol. The van der Waals surface area contributed by atoms with Gasteiger partial charge in [-0.05, 0) is 30.9 Å². The smallest absolute Gasteiger partial charge is 0.0105 e. The summed E-state index contributed by atoms with van der Waals surface area (Å²) >= 11 is 0. The van der Waals surface area contributed by atoms with E-state index in [1.165, 1.54) is 31.5 Å². The summed E-state index contributed by atoms with van der Waals surface area (Å²) in [6.45, 7) is 4.23. The third-order valence-corrected chi connectivity index (χ3v) is 3.22. The fraction of sp³-hybridized carbons (Fsp3) is 0.538. The zero-order valence-corrected chi connectivity index (χ0v) is 9.23. The van der Waals surface area contributed by atoms with E-state index in [0.29, 0.717) is 5.92 Å². The molecule has 1 fully saturated rings. The van der Waals surface area contributed by atoms with Crippen molar-refractivity contribution in [2.45, 2.75) is 18.8 Å². The van der Waals surface area contributed by atoms with E-state index in [2.05, 4.69) is 35.2 Å². The summed E-state index contributed by atoms with van der Waals surface area (Å²) in [5.74, 6) is 0.714. The molecule has 1 atom stereocenters. The lowest BCUT2D eigenvalue weighted by Gasteiger charge is -2.32. The van der Waals surface area contributed by atoms with Crippen molar-refractivity contribution < 1.29 is 0 Å². The summed E-state index contributed by atoms with van der Waals surface area (Å²) in [5.41, 5.74) is 7.09. The summed E-state index contributed by atoms with van der Waals surface area (Å²) in [6, 6.07) is 10.9. The average molecular weight is 204 g/mol. The van der Waals surface area contributed by atoms with Gasteiger partial charge in [0.05, 0.1) is 0 Å². The largest absolute Gasteiger partial charge is 0.329 e. The number of hydrogen-bond acceptors (Lipinski definition) is 2. The van der Waals surface area contributed by atoms with Gasteiger partial charge in [-0.25, -0.2) is 0 Å². The number of piperidine rings is 1. The van der Waals surface area contributed by atoms with Gasteiger partial charge >= 0.3 is 0 Å². The summed E-state index contributed by atoms with van der Waals surface area (Å²) in [4.78, 5) is 2.49. The molecule has 0 aromatic heterocycles. The van der Waals surface area contributed by atoms with Crippen molar-refractivity contribution in [1.29, 1.82) is 0 Å². The monoisotopic (exact) mass is 204 g/mol. The van der Waals surface area contributed by atoms with Gasteiger partial charge in [-0.1, -0.05) is 30.3 Å². The minimum Gasteiger partial charge on any atom is -0.329 e. The Morgan fingerprint density at radius 2 is 2.07 bits per heavy atom. The van der Waals surface area contributed by atoms with Crippen LogP contribution in [0.4, 0.5) is 0 Å². The van der Waals surface area contributed by atoms with E-state index in [9.17, 15) is 0 Å². The van der Waals surface area contributed by atoms with Crippen molar-refractivity contribution in [3.05, 3.63) is 35.9 Å². The van der Waals surface area contributed by atoms with Crippen molar-refractivity contribution in [3.63, 3.8) is 0 Å². The van der Waals surface area contributed by atoms with Crippen LogP contribution in [0.3, 0.4) is 0 Å². The topological polar surface area (TPSA) is 29.3 Å². The second-order valence-corrected chi connectivity index (χ2v) is 4.34. The minimum absolute atomic E-state index is 0.714. The molecular formula is C13H20N2. The van der Waals surface area contributed by atoms with Gasteiger partial charge in [-0.15, -0.1) is 0 Å². The van der Waals surface area contributed by atoms with Crippen LogP contribution in [0.2, 0.25) is 0 Å². The van der Waals surface area contributed by atoms with Gasteiger partial charge in [0.15, 0.2) is 0 Å². The van der Waals surface area contributed by atoms with Crippen molar-refractivity contribution in [2.75, 3.05) is 26.2 Å². The van der Waals surface area contributed by atoms with Crippen molar-refractivity contribution >= 4 is 0 Å². The maximum Gasteiger partial charge on any atom is 0.0105 e. The molecule has 1 aliphatic rings. The molecule has 0 aliphatic carbocycles. The fourth-order valence-electron chi connectivity index (χ4n) is 2.44. The van der Waals surface area contributed by atoms with Crippen LogP contribution in [0.25, 0.3) is 0 Å². The first-order chi connectivity index (χ1) is 7.40. The zero-order valence-electron chi connectivity index (χ0n) is 9.23. The molecule has 0 amide bonds. The lowest BCUT2D eigenvalue weighted by atomic mass is 9.91. The average Bonchev–Trinajstić information content (AvgIpc) is 2.31. The Balaban J connectivity index is 1.98. The van der Waals surface area contributed by atoms with Crippen molar-refractivity contribution in [2.24, 2.45) is 5.73 Å². The Labute approximate surface area is 92.1 Å². The third kappa shape index (κ3) is 2.80. The molecule has 2 heteroatoms. The van der Waals surface area contributed by atoms with Crippen molar-refractivity contribution in [1.82, 2.24) is 4.90 Å². The molecule has 82 valence electrons. The van der Waals surface area contributed by atoms with Crippen LogP contribution in [0.1, 0.15) is 24.3 Å². The molecule has 1 aromatic carbocycles. The van der Waals surface area contributed by atoms with Gasteiger partial charge in [0.1, 0.15) is 0 Å². The van der Waals surface area contributed by atoms with Gasteiger partial charge in [0.2, 0.25) is 0 Å². The van der Waals surface area contributed by atoms with E-state index in [1.807, 2.05) is 0 Å². The number of nitrogens with zero attached hydrogens (tertiary/aromatic N) is 1. The van der Waals surface area contributed by atoms with Crippen LogP contribution in [-0.4, -0.2) is 31.1 Å². The number of hydrogen-bond donors (Lipinski definition) is 1. The first-order valence-electron chi connectivity index (χ1n) is 5.87. The van der Waals surface area contributed by atoms with Crippen LogP contribution in [-0.2, 0) is 0 Å². The van der Waals surface area contributed by atoms with Crippen molar-refractivity contribution in [3.8, 4) is 0 Å². The summed E-state index contributed by atoms with van der Waals surface area (Å²) in [5, 5.41) is 0. The van der Waals surface area contributed by atoms with Gasteiger partial charge in [-0.3, -0.25) is 0 Å². The van der Waals surface area contributed by atoms with Gasteiger partial charge in [-0.2, -0.15) is 0 Å². The van der Waals surface area contributed by atoms with Crippen LogP contribution >= 0.6 is 0 Å². The Morgan fingerprint density at radius 1 is 1.27 bits per heavy atom. The van der Waals surface area contributed by atoms with E-state index in [1.54, 1.807) is 0 Å². The molecule has 2 rings (SSSR count). The zero-order chi connectivity index (χ0) is 10.5. The maximum absolute atomic E-state index is 5.60.